The van der Waals surface area contributed by atoms with Gasteiger partial charge < -0.3 is 0 Å². The molecule has 0 spiro atoms. The summed E-state index contributed by atoms with van der Waals surface area (Å²) in [7, 11) is 0. The zero-order valence-electron chi connectivity index (χ0n) is 30.9. The fraction of sp³-hybridized carbons (Fsp3) is 0.682. The molecule has 0 aliphatic rings. The van der Waals surface area contributed by atoms with Crippen molar-refractivity contribution >= 4 is 22.8 Å². The Morgan fingerprint density at radius 1 is 0.348 bits per heavy atom. The number of benzene rings is 2. The Kier molecular flexibility index (Phi) is 24.2. The summed E-state index contributed by atoms with van der Waals surface area (Å²) < 4.78 is 0. The van der Waals surface area contributed by atoms with Crippen LogP contribution in [-0.2, 0) is 12.8 Å². The van der Waals surface area contributed by atoms with E-state index < -0.39 is 0 Å². The van der Waals surface area contributed by atoms with Gasteiger partial charge in [0.25, 0.3) is 0 Å². The number of hydrogen-bond donors (Lipinski definition) is 0. The SMILES string of the molecule is CCCCCCCCCCCc1ccc(N=C(CCCC)C(CCCC)=Nc2ccc(CCCCCCCCCCC)cc2)cc1. The molecule has 0 amide bonds. The monoisotopic (exact) mass is 629 g/mol. The standard InChI is InChI=1S/C44H72N2/c1-5-9-13-15-17-19-21-23-25-27-39-31-35-41(36-32-39)45-43(29-11-7-3)44(30-12-8-4)46-42-37-33-40(34-38-42)28-26-24-22-20-18-16-14-10-6-2/h31-38H,5-30H2,1-4H3. The van der Waals surface area contributed by atoms with Crippen LogP contribution in [0.5, 0.6) is 0 Å². The predicted molar refractivity (Wildman–Crippen MR) is 208 cm³/mol. The lowest BCUT2D eigenvalue weighted by atomic mass is 10.0. The maximum atomic E-state index is 5.23. The molecule has 0 radical (unpaired) electrons. The molecule has 0 atom stereocenters. The van der Waals surface area contributed by atoms with E-state index in [1.165, 1.54) is 164 Å². The van der Waals surface area contributed by atoms with Crippen LogP contribution in [0.25, 0.3) is 0 Å². The molecule has 0 saturated carbocycles. The van der Waals surface area contributed by atoms with Crippen molar-refractivity contribution in [3.8, 4) is 0 Å². The van der Waals surface area contributed by atoms with Gasteiger partial charge in [-0.05, 0) is 86.8 Å². The average molecular weight is 629 g/mol. The minimum absolute atomic E-state index is 0.996. The van der Waals surface area contributed by atoms with Crippen LogP contribution in [0.15, 0.2) is 58.5 Å². The molecule has 46 heavy (non-hydrogen) atoms. The summed E-state index contributed by atoms with van der Waals surface area (Å²) in [4.78, 5) is 10.5. The van der Waals surface area contributed by atoms with E-state index in [0.29, 0.717) is 0 Å². The van der Waals surface area contributed by atoms with Gasteiger partial charge >= 0.3 is 0 Å². The fourth-order valence-electron chi connectivity index (χ4n) is 6.28. The van der Waals surface area contributed by atoms with E-state index in [0.717, 1.165) is 37.1 Å². The Morgan fingerprint density at radius 2 is 0.630 bits per heavy atom. The Labute approximate surface area is 286 Å². The normalized spacial score (nSPS) is 12.3. The maximum Gasteiger partial charge on any atom is 0.0633 e. The first kappa shape index (κ1) is 40.0. The van der Waals surface area contributed by atoms with Crippen LogP contribution in [0.2, 0.25) is 0 Å². The van der Waals surface area contributed by atoms with Gasteiger partial charge in [-0.15, -0.1) is 0 Å². The number of nitrogens with zero attached hydrogens (tertiary/aromatic N) is 2. The second-order valence-electron chi connectivity index (χ2n) is 13.8. The minimum atomic E-state index is 0.996. The number of hydrogen-bond acceptors (Lipinski definition) is 2. The minimum Gasteiger partial charge on any atom is -0.252 e. The van der Waals surface area contributed by atoms with Gasteiger partial charge in [0.15, 0.2) is 0 Å². The summed E-state index contributed by atoms with van der Waals surface area (Å²) in [6.07, 6.45) is 33.9. The van der Waals surface area contributed by atoms with Crippen LogP contribution in [0.4, 0.5) is 11.4 Å². The maximum absolute atomic E-state index is 5.23. The Bertz CT molecular complexity index is 945. The van der Waals surface area contributed by atoms with Crippen molar-refractivity contribution in [2.24, 2.45) is 9.98 Å². The predicted octanol–water partition coefficient (Wildman–Crippen LogP) is 15.1. The molecule has 0 aliphatic heterocycles. The molecular formula is C44H72N2. The van der Waals surface area contributed by atoms with Crippen LogP contribution >= 0.6 is 0 Å². The van der Waals surface area contributed by atoms with Gasteiger partial charge in [-0.1, -0.05) is 168 Å². The molecule has 0 N–H and O–H groups in total. The summed E-state index contributed by atoms with van der Waals surface area (Å²) in [5.41, 5.74) is 7.39. The molecule has 0 heterocycles. The van der Waals surface area contributed by atoms with Gasteiger partial charge in [0, 0.05) is 0 Å². The highest BCUT2D eigenvalue weighted by molar-refractivity contribution is 6.43. The van der Waals surface area contributed by atoms with E-state index >= 15 is 0 Å². The largest absolute Gasteiger partial charge is 0.252 e. The molecule has 0 fully saturated rings. The lowest BCUT2D eigenvalue weighted by Gasteiger charge is -2.11. The Balaban J connectivity index is 1.93. The van der Waals surface area contributed by atoms with Crippen molar-refractivity contribution in [3.05, 3.63) is 59.7 Å². The average Bonchev–Trinajstić information content (AvgIpc) is 3.08. The molecule has 0 unspecified atom stereocenters. The molecule has 258 valence electrons. The van der Waals surface area contributed by atoms with Gasteiger partial charge in [-0.2, -0.15) is 0 Å². The molecular weight excluding hydrogens is 556 g/mol. The number of unbranched alkanes of at least 4 members (excludes halogenated alkanes) is 18. The topological polar surface area (TPSA) is 24.7 Å². The lowest BCUT2D eigenvalue weighted by molar-refractivity contribution is 0.565. The molecule has 0 aromatic heterocycles. The molecule has 0 saturated heterocycles. The van der Waals surface area contributed by atoms with Crippen molar-refractivity contribution in [2.75, 3.05) is 0 Å². The fourth-order valence-corrected chi connectivity index (χ4v) is 6.28. The molecule has 2 heteroatoms. The van der Waals surface area contributed by atoms with Gasteiger partial charge in [0.1, 0.15) is 0 Å². The molecule has 0 bridgehead atoms. The molecule has 0 aliphatic carbocycles. The van der Waals surface area contributed by atoms with Gasteiger partial charge in [-0.3, -0.25) is 9.98 Å². The van der Waals surface area contributed by atoms with Crippen molar-refractivity contribution < 1.29 is 0 Å². The van der Waals surface area contributed by atoms with Crippen LogP contribution in [0.3, 0.4) is 0 Å². The van der Waals surface area contributed by atoms with E-state index in [-0.39, 0.29) is 0 Å². The molecule has 2 rings (SSSR count). The van der Waals surface area contributed by atoms with Crippen molar-refractivity contribution in [2.45, 2.75) is 195 Å². The zero-order valence-corrected chi connectivity index (χ0v) is 30.9. The summed E-state index contributed by atoms with van der Waals surface area (Å²) in [6.45, 7) is 9.13. The van der Waals surface area contributed by atoms with E-state index in [9.17, 15) is 0 Å². The summed E-state index contributed by atoms with van der Waals surface area (Å²) in [6, 6.07) is 18.1. The molecule has 2 aromatic rings. The smallest absolute Gasteiger partial charge is 0.0633 e. The highest BCUT2D eigenvalue weighted by atomic mass is 14.8. The van der Waals surface area contributed by atoms with Gasteiger partial charge in [0.05, 0.1) is 22.8 Å². The van der Waals surface area contributed by atoms with E-state index in [1.54, 1.807) is 0 Å². The third-order valence-electron chi connectivity index (χ3n) is 9.41. The summed E-state index contributed by atoms with van der Waals surface area (Å²) >= 11 is 0. The Hall–Kier alpha value is -2.22. The van der Waals surface area contributed by atoms with Crippen LogP contribution in [-0.4, -0.2) is 11.4 Å². The van der Waals surface area contributed by atoms with Crippen LogP contribution in [0.1, 0.15) is 193 Å². The lowest BCUT2D eigenvalue weighted by Crippen LogP contribution is -2.14. The van der Waals surface area contributed by atoms with Gasteiger partial charge in [-0.25, -0.2) is 0 Å². The van der Waals surface area contributed by atoms with Crippen molar-refractivity contribution in [3.63, 3.8) is 0 Å². The van der Waals surface area contributed by atoms with E-state index in [4.69, 9.17) is 9.98 Å². The Morgan fingerprint density at radius 3 is 0.935 bits per heavy atom. The zero-order chi connectivity index (χ0) is 32.9. The van der Waals surface area contributed by atoms with Crippen LogP contribution in [0, 0.1) is 0 Å². The second kappa shape index (κ2) is 27.9. The third kappa shape index (κ3) is 19.4. The third-order valence-corrected chi connectivity index (χ3v) is 9.41. The van der Waals surface area contributed by atoms with E-state index in [1.807, 2.05) is 0 Å². The first-order chi connectivity index (χ1) is 22.7. The highest BCUT2D eigenvalue weighted by Gasteiger charge is 2.11. The molecule has 2 nitrogen and oxygen atoms in total. The number of rotatable bonds is 29. The highest BCUT2D eigenvalue weighted by Crippen LogP contribution is 2.22. The number of aryl methyl sites for hydroxylation is 2. The van der Waals surface area contributed by atoms with Crippen molar-refractivity contribution in [1.82, 2.24) is 0 Å². The van der Waals surface area contributed by atoms with Crippen molar-refractivity contribution in [1.29, 1.82) is 0 Å². The van der Waals surface area contributed by atoms with E-state index in [2.05, 4.69) is 76.2 Å². The molecule has 2 aromatic carbocycles. The van der Waals surface area contributed by atoms with Crippen LogP contribution < -0.4 is 0 Å². The first-order valence-electron chi connectivity index (χ1n) is 20.0. The summed E-state index contributed by atoms with van der Waals surface area (Å²) in [5.74, 6) is 0. The number of aliphatic imine (C=N–C) groups is 2. The summed E-state index contributed by atoms with van der Waals surface area (Å²) in [5, 5.41) is 0. The van der Waals surface area contributed by atoms with Gasteiger partial charge in [0.2, 0.25) is 0 Å². The second-order valence-corrected chi connectivity index (χ2v) is 13.8. The quantitative estimate of drug-likeness (QED) is 0.0632. The first-order valence-corrected chi connectivity index (χ1v) is 20.0.